The van der Waals surface area contributed by atoms with Gasteiger partial charge in [0, 0.05) is 24.9 Å². The minimum Gasteiger partial charge on any atom is -0.330 e. The highest BCUT2D eigenvalue weighted by Crippen LogP contribution is 2.21. The van der Waals surface area contributed by atoms with Crippen molar-refractivity contribution in [2.24, 2.45) is 5.73 Å². The second-order valence-electron chi connectivity index (χ2n) is 4.37. The highest BCUT2D eigenvalue weighted by molar-refractivity contribution is 6.31. The Hall–Kier alpha value is -1.39. The van der Waals surface area contributed by atoms with Gasteiger partial charge >= 0.3 is 0 Å². The van der Waals surface area contributed by atoms with E-state index in [0.717, 1.165) is 11.4 Å². The first kappa shape index (κ1) is 13.1. The number of rotatable bonds is 4. The summed E-state index contributed by atoms with van der Waals surface area (Å²) >= 11 is 5.93. The molecule has 0 radical (unpaired) electrons. The summed E-state index contributed by atoms with van der Waals surface area (Å²) in [4.78, 5) is 4.25. The third kappa shape index (κ3) is 2.89. The number of imidazole rings is 1. The molecule has 2 N–H and O–H groups in total. The molecule has 0 saturated carbocycles. The van der Waals surface area contributed by atoms with Crippen LogP contribution in [0.2, 0.25) is 5.02 Å². The Bertz CT molecular complexity index is 537. The summed E-state index contributed by atoms with van der Waals surface area (Å²) in [6, 6.07) is 4.84. The molecule has 0 saturated heterocycles. The van der Waals surface area contributed by atoms with Crippen molar-refractivity contribution in [1.29, 1.82) is 0 Å². The van der Waals surface area contributed by atoms with Crippen molar-refractivity contribution in [2.45, 2.75) is 25.9 Å². The Morgan fingerprint density at radius 2 is 2.28 bits per heavy atom. The Balaban J connectivity index is 2.24. The van der Waals surface area contributed by atoms with Crippen LogP contribution in [-0.4, -0.2) is 15.6 Å². The first-order valence-electron chi connectivity index (χ1n) is 5.76. The van der Waals surface area contributed by atoms with E-state index < -0.39 is 5.82 Å². The van der Waals surface area contributed by atoms with E-state index in [1.54, 1.807) is 18.3 Å². The Morgan fingerprint density at radius 1 is 1.50 bits per heavy atom. The maximum absolute atomic E-state index is 13.3. The Kier molecular flexibility index (Phi) is 3.99. The number of hydrogen-bond donors (Lipinski definition) is 1. The van der Waals surface area contributed by atoms with Crippen LogP contribution in [-0.2, 0) is 13.0 Å². The van der Waals surface area contributed by atoms with E-state index in [9.17, 15) is 4.39 Å². The Morgan fingerprint density at radius 3 is 3.00 bits per heavy atom. The van der Waals surface area contributed by atoms with Crippen LogP contribution in [0.25, 0.3) is 0 Å². The minimum atomic E-state index is -0.400. The fourth-order valence-corrected chi connectivity index (χ4v) is 2.00. The molecule has 1 unspecified atom stereocenters. The molecule has 0 fully saturated rings. The lowest BCUT2D eigenvalue weighted by molar-refractivity contribution is 0.619. The molecule has 1 atom stereocenters. The SMILES string of the molecule is CC(N)Cc1nccn1Cc1cccc(F)c1Cl. The molecule has 1 aromatic heterocycles. The van der Waals surface area contributed by atoms with Crippen LogP contribution >= 0.6 is 11.6 Å². The first-order valence-corrected chi connectivity index (χ1v) is 6.14. The molecule has 0 aliphatic rings. The molecule has 1 aromatic carbocycles. The van der Waals surface area contributed by atoms with Gasteiger partial charge in [-0.25, -0.2) is 9.37 Å². The summed E-state index contributed by atoms with van der Waals surface area (Å²) < 4.78 is 15.3. The quantitative estimate of drug-likeness (QED) is 0.925. The zero-order valence-corrected chi connectivity index (χ0v) is 10.9. The second kappa shape index (κ2) is 5.50. The van der Waals surface area contributed by atoms with Gasteiger partial charge in [0.15, 0.2) is 0 Å². The molecular formula is C13H15ClFN3. The smallest absolute Gasteiger partial charge is 0.142 e. The molecule has 2 aromatic rings. The number of benzene rings is 1. The topological polar surface area (TPSA) is 43.8 Å². The monoisotopic (exact) mass is 267 g/mol. The fourth-order valence-electron chi connectivity index (χ4n) is 1.82. The molecule has 0 aliphatic carbocycles. The van der Waals surface area contributed by atoms with Crippen molar-refractivity contribution < 1.29 is 4.39 Å². The molecule has 18 heavy (non-hydrogen) atoms. The van der Waals surface area contributed by atoms with E-state index in [1.165, 1.54) is 6.07 Å². The lowest BCUT2D eigenvalue weighted by Gasteiger charge is -2.11. The zero-order chi connectivity index (χ0) is 13.1. The van der Waals surface area contributed by atoms with Crippen LogP contribution in [0.15, 0.2) is 30.6 Å². The standard InChI is InChI=1S/C13H15ClFN3/c1-9(16)7-12-17-5-6-18(12)8-10-3-2-4-11(15)13(10)14/h2-6,9H,7-8,16H2,1H3. The summed E-state index contributed by atoms with van der Waals surface area (Å²) in [5, 5.41) is 0.165. The van der Waals surface area contributed by atoms with E-state index in [-0.39, 0.29) is 11.1 Å². The third-order valence-corrected chi connectivity index (χ3v) is 3.10. The third-order valence-electron chi connectivity index (χ3n) is 2.68. The van der Waals surface area contributed by atoms with Gasteiger partial charge < -0.3 is 10.3 Å². The van der Waals surface area contributed by atoms with E-state index in [1.807, 2.05) is 17.7 Å². The first-order chi connectivity index (χ1) is 8.58. The van der Waals surface area contributed by atoms with Gasteiger partial charge in [0.2, 0.25) is 0 Å². The van der Waals surface area contributed by atoms with E-state index in [4.69, 9.17) is 17.3 Å². The number of aromatic nitrogens is 2. The van der Waals surface area contributed by atoms with Gasteiger partial charge in [-0.1, -0.05) is 23.7 Å². The van der Waals surface area contributed by atoms with Crippen LogP contribution in [0.3, 0.4) is 0 Å². The molecule has 0 aliphatic heterocycles. The largest absolute Gasteiger partial charge is 0.330 e. The van der Waals surface area contributed by atoms with E-state index in [0.29, 0.717) is 13.0 Å². The van der Waals surface area contributed by atoms with Crippen LogP contribution in [0, 0.1) is 5.82 Å². The average molecular weight is 268 g/mol. The summed E-state index contributed by atoms with van der Waals surface area (Å²) in [5.41, 5.74) is 6.50. The van der Waals surface area contributed by atoms with Gasteiger partial charge in [-0.3, -0.25) is 0 Å². The van der Waals surface area contributed by atoms with Gasteiger partial charge in [0.1, 0.15) is 11.6 Å². The maximum atomic E-state index is 13.3. The molecule has 0 amide bonds. The lowest BCUT2D eigenvalue weighted by atomic mass is 10.2. The van der Waals surface area contributed by atoms with Crippen molar-refractivity contribution in [1.82, 2.24) is 9.55 Å². The number of halogens is 2. The van der Waals surface area contributed by atoms with Crippen molar-refractivity contribution in [3.8, 4) is 0 Å². The fraction of sp³-hybridized carbons (Fsp3) is 0.308. The maximum Gasteiger partial charge on any atom is 0.142 e. The van der Waals surface area contributed by atoms with Crippen molar-refractivity contribution in [3.63, 3.8) is 0 Å². The van der Waals surface area contributed by atoms with Crippen molar-refractivity contribution in [3.05, 3.63) is 52.8 Å². The molecule has 0 spiro atoms. The van der Waals surface area contributed by atoms with Crippen molar-refractivity contribution in [2.75, 3.05) is 0 Å². The van der Waals surface area contributed by atoms with Gasteiger partial charge in [0.05, 0.1) is 11.6 Å². The summed E-state index contributed by atoms with van der Waals surface area (Å²) in [5.74, 6) is 0.480. The molecule has 0 bridgehead atoms. The highest BCUT2D eigenvalue weighted by Gasteiger charge is 2.10. The predicted molar refractivity (Wildman–Crippen MR) is 70.1 cm³/mol. The van der Waals surface area contributed by atoms with Crippen LogP contribution in [0.5, 0.6) is 0 Å². The number of nitrogens with zero attached hydrogens (tertiary/aromatic N) is 2. The zero-order valence-electron chi connectivity index (χ0n) is 10.1. The highest BCUT2D eigenvalue weighted by atomic mass is 35.5. The Labute approximate surface area is 110 Å². The predicted octanol–water partition coefficient (Wildman–Crippen LogP) is 2.61. The number of hydrogen-bond acceptors (Lipinski definition) is 2. The molecule has 96 valence electrons. The summed E-state index contributed by atoms with van der Waals surface area (Å²) in [6.07, 6.45) is 4.24. The molecule has 1 heterocycles. The van der Waals surface area contributed by atoms with Gasteiger partial charge in [0.25, 0.3) is 0 Å². The van der Waals surface area contributed by atoms with E-state index in [2.05, 4.69) is 4.98 Å². The lowest BCUT2D eigenvalue weighted by Crippen LogP contribution is -2.20. The average Bonchev–Trinajstić information content (AvgIpc) is 2.72. The van der Waals surface area contributed by atoms with Gasteiger partial charge in [-0.2, -0.15) is 0 Å². The van der Waals surface area contributed by atoms with Crippen LogP contribution in [0.1, 0.15) is 18.3 Å². The summed E-state index contributed by atoms with van der Waals surface area (Å²) in [6.45, 7) is 2.42. The van der Waals surface area contributed by atoms with Gasteiger partial charge in [-0.05, 0) is 18.6 Å². The van der Waals surface area contributed by atoms with Crippen LogP contribution < -0.4 is 5.73 Å². The number of nitrogens with two attached hydrogens (primary N) is 1. The molecule has 5 heteroatoms. The normalized spacial score (nSPS) is 12.7. The molecular weight excluding hydrogens is 253 g/mol. The van der Waals surface area contributed by atoms with Gasteiger partial charge in [-0.15, -0.1) is 0 Å². The van der Waals surface area contributed by atoms with Crippen molar-refractivity contribution >= 4 is 11.6 Å². The van der Waals surface area contributed by atoms with Crippen LogP contribution in [0.4, 0.5) is 4.39 Å². The molecule has 3 nitrogen and oxygen atoms in total. The summed E-state index contributed by atoms with van der Waals surface area (Å²) in [7, 11) is 0. The minimum absolute atomic E-state index is 0.0362. The second-order valence-corrected chi connectivity index (χ2v) is 4.74. The molecule has 2 rings (SSSR count). The van der Waals surface area contributed by atoms with E-state index >= 15 is 0 Å².